The average molecular weight is 366 g/mol. The normalized spacial score (nSPS) is 19.6. The summed E-state index contributed by atoms with van der Waals surface area (Å²) >= 11 is 5.48. The van der Waals surface area contributed by atoms with Gasteiger partial charge in [-0.15, -0.1) is 11.3 Å². The maximum absolute atomic E-state index is 5.44. The number of nitrogens with one attached hydrogen (secondary N) is 1. The molecule has 4 rings (SSSR count). The third kappa shape index (κ3) is 2.70. The lowest BCUT2D eigenvalue weighted by atomic mass is 9.94. The molecule has 110 valence electrons. The fraction of sp³-hybridized carbons (Fsp3) is 0.375. The van der Waals surface area contributed by atoms with Crippen LogP contribution in [-0.4, -0.2) is 6.79 Å². The Morgan fingerprint density at radius 1 is 1.24 bits per heavy atom. The molecule has 1 unspecified atom stereocenters. The van der Waals surface area contributed by atoms with Crippen LogP contribution in [0, 0.1) is 0 Å². The molecular formula is C16H16BrNO2S. The highest BCUT2D eigenvalue weighted by molar-refractivity contribution is 9.11. The molecule has 1 aliphatic carbocycles. The van der Waals surface area contributed by atoms with Gasteiger partial charge in [0.05, 0.1) is 3.79 Å². The smallest absolute Gasteiger partial charge is 0.231 e. The highest BCUT2D eigenvalue weighted by Gasteiger charge is 2.22. The molecule has 0 bridgehead atoms. The van der Waals surface area contributed by atoms with Crippen molar-refractivity contribution in [1.29, 1.82) is 0 Å². The lowest BCUT2D eigenvalue weighted by molar-refractivity contribution is 0.174. The molecule has 1 N–H and O–H groups in total. The first-order chi connectivity index (χ1) is 10.3. The van der Waals surface area contributed by atoms with Crippen molar-refractivity contribution in [3.05, 3.63) is 44.1 Å². The van der Waals surface area contributed by atoms with Crippen LogP contribution < -0.4 is 14.8 Å². The first-order valence-corrected chi connectivity index (χ1v) is 8.80. The maximum atomic E-state index is 5.44. The Morgan fingerprint density at radius 3 is 3.10 bits per heavy atom. The van der Waals surface area contributed by atoms with Crippen LogP contribution in [0.5, 0.6) is 11.5 Å². The first kappa shape index (κ1) is 13.6. The molecule has 3 nitrogen and oxygen atoms in total. The van der Waals surface area contributed by atoms with E-state index in [9.17, 15) is 0 Å². The molecule has 1 aromatic carbocycles. The van der Waals surface area contributed by atoms with Gasteiger partial charge >= 0.3 is 0 Å². The topological polar surface area (TPSA) is 30.5 Å². The number of benzene rings is 1. The summed E-state index contributed by atoms with van der Waals surface area (Å²) < 4.78 is 12.0. The van der Waals surface area contributed by atoms with Crippen molar-refractivity contribution in [2.75, 3.05) is 6.79 Å². The molecule has 0 spiro atoms. The molecule has 0 saturated carbocycles. The molecule has 0 radical (unpaired) electrons. The minimum Gasteiger partial charge on any atom is -0.454 e. The van der Waals surface area contributed by atoms with E-state index in [1.54, 1.807) is 0 Å². The summed E-state index contributed by atoms with van der Waals surface area (Å²) in [6, 6.07) is 8.90. The van der Waals surface area contributed by atoms with Gasteiger partial charge in [0.25, 0.3) is 0 Å². The molecule has 5 heteroatoms. The largest absolute Gasteiger partial charge is 0.454 e. The second-order valence-corrected chi connectivity index (χ2v) is 7.96. The van der Waals surface area contributed by atoms with Gasteiger partial charge in [0, 0.05) is 17.5 Å². The van der Waals surface area contributed by atoms with Crippen LogP contribution in [0.2, 0.25) is 0 Å². The molecule has 1 aliphatic heterocycles. The van der Waals surface area contributed by atoms with E-state index in [0.29, 0.717) is 12.8 Å². The number of hydrogen-bond acceptors (Lipinski definition) is 4. The lowest BCUT2D eigenvalue weighted by Gasteiger charge is -2.23. The molecule has 21 heavy (non-hydrogen) atoms. The summed E-state index contributed by atoms with van der Waals surface area (Å²) in [6.07, 6.45) is 3.69. The third-order valence-corrected chi connectivity index (χ3v) is 5.79. The summed E-state index contributed by atoms with van der Waals surface area (Å²) in [5, 5.41) is 3.69. The summed E-state index contributed by atoms with van der Waals surface area (Å²) in [4.78, 5) is 1.52. The zero-order valence-electron chi connectivity index (χ0n) is 11.5. The fourth-order valence-corrected chi connectivity index (χ4v) is 4.84. The molecule has 1 atom stereocenters. The SMILES string of the molecule is Brc1cc2c(s1)CCCC2NCc1ccc2c(c1)OCO2. The van der Waals surface area contributed by atoms with Gasteiger partial charge in [-0.2, -0.15) is 0 Å². The second-order valence-electron chi connectivity index (χ2n) is 5.44. The Bertz CT molecular complexity index is 670. The minimum absolute atomic E-state index is 0.334. The maximum Gasteiger partial charge on any atom is 0.231 e. The standard InChI is InChI=1S/C16H16BrNO2S/c17-16-7-11-12(2-1-3-15(11)21-16)18-8-10-4-5-13-14(6-10)20-9-19-13/h4-7,12,18H,1-3,8-9H2. The van der Waals surface area contributed by atoms with E-state index < -0.39 is 0 Å². The van der Waals surface area contributed by atoms with E-state index in [1.165, 1.54) is 39.1 Å². The fourth-order valence-electron chi connectivity index (χ4n) is 3.03. The Morgan fingerprint density at radius 2 is 2.14 bits per heavy atom. The predicted octanol–water partition coefficient (Wildman–Crippen LogP) is 4.41. The second kappa shape index (κ2) is 5.63. The van der Waals surface area contributed by atoms with Crippen LogP contribution in [0.3, 0.4) is 0 Å². The molecule has 0 amide bonds. The molecule has 1 aromatic heterocycles. The predicted molar refractivity (Wildman–Crippen MR) is 87.1 cm³/mol. The molecule has 0 saturated heterocycles. The van der Waals surface area contributed by atoms with Crippen molar-refractivity contribution >= 4 is 27.3 Å². The highest BCUT2D eigenvalue weighted by atomic mass is 79.9. The van der Waals surface area contributed by atoms with Crippen molar-refractivity contribution in [3.8, 4) is 11.5 Å². The molecule has 2 heterocycles. The van der Waals surface area contributed by atoms with Gasteiger partial charge in [-0.25, -0.2) is 0 Å². The summed E-state index contributed by atoms with van der Waals surface area (Å²) in [5.41, 5.74) is 2.71. The number of thiophene rings is 1. The number of hydrogen-bond donors (Lipinski definition) is 1. The van der Waals surface area contributed by atoms with Gasteiger partial charge in [0.1, 0.15) is 0 Å². The Balaban J connectivity index is 1.48. The minimum atomic E-state index is 0.334. The van der Waals surface area contributed by atoms with E-state index in [1.807, 2.05) is 17.4 Å². The number of fused-ring (bicyclic) bond motifs is 2. The van der Waals surface area contributed by atoms with E-state index in [-0.39, 0.29) is 0 Å². The quantitative estimate of drug-likeness (QED) is 0.873. The van der Waals surface area contributed by atoms with E-state index >= 15 is 0 Å². The van der Waals surface area contributed by atoms with Crippen molar-refractivity contribution in [2.24, 2.45) is 0 Å². The summed E-state index contributed by atoms with van der Waals surface area (Å²) in [7, 11) is 0. The molecule has 0 fully saturated rings. The lowest BCUT2D eigenvalue weighted by Crippen LogP contribution is -2.23. The molecule has 2 aromatic rings. The van der Waals surface area contributed by atoms with Crippen LogP contribution in [0.25, 0.3) is 0 Å². The van der Waals surface area contributed by atoms with E-state index in [4.69, 9.17) is 9.47 Å². The van der Waals surface area contributed by atoms with Crippen molar-refractivity contribution in [2.45, 2.75) is 31.8 Å². The molecule has 2 aliphatic rings. The van der Waals surface area contributed by atoms with Gasteiger partial charge < -0.3 is 14.8 Å². The van der Waals surface area contributed by atoms with E-state index in [2.05, 4.69) is 39.4 Å². The number of halogens is 1. The Hall–Kier alpha value is -1.04. The number of rotatable bonds is 3. The van der Waals surface area contributed by atoms with Crippen molar-refractivity contribution in [1.82, 2.24) is 5.32 Å². The third-order valence-electron chi connectivity index (χ3n) is 4.07. The van der Waals surface area contributed by atoms with Gasteiger partial charge in [0.2, 0.25) is 6.79 Å². The first-order valence-electron chi connectivity index (χ1n) is 7.19. The highest BCUT2D eigenvalue weighted by Crippen LogP contribution is 2.38. The van der Waals surface area contributed by atoms with E-state index in [0.717, 1.165) is 18.0 Å². The monoisotopic (exact) mass is 365 g/mol. The Kier molecular flexibility index (Phi) is 3.65. The van der Waals surface area contributed by atoms with Gasteiger partial charge in [-0.3, -0.25) is 0 Å². The van der Waals surface area contributed by atoms with Crippen LogP contribution in [0.15, 0.2) is 28.1 Å². The Labute approximate surface area is 136 Å². The van der Waals surface area contributed by atoms with Crippen molar-refractivity contribution < 1.29 is 9.47 Å². The van der Waals surface area contributed by atoms with Crippen molar-refractivity contribution in [3.63, 3.8) is 0 Å². The van der Waals surface area contributed by atoms with Crippen LogP contribution >= 0.6 is 27.3 Å². The zero-order chi connectivity index (χ0) is 14.2. The van der Waals surface area contributed by atoms with Crippen LogP contribution in [0.4, 0.5) is 0 Å². The zero-order valence-corrected chi connectivity index (χ0v) is 13.9. The number of ether oxygens (including phenoxy) is 2. The average Bonchev–Trinajstić information content (AvgIpc) is 3.09. The van der Waals surface area contributed by atoms with Gasteiger partial charge in [0.15, 0.2) is 11.5 Å². The molecular weight excluding hydrogens is 350 g/mol. The van der Waals surface area contributed by atoms with Crippen LogP contribution in [-0.2, 0) is 13.0 Å². The summed E-state index contributed by atoms with van der Waals surface area (Å²) in [6.45, 7) is 1.19. The summed E-state index contributed by atoms with van der Waals surface area (Å²) in [5.74, 6) is 1.71. The van der Waals surface area contributed by atoms with Gasteiger partial charge in [-0.05, 0) is 64.5 Å². The van der Waals surface area contributed by atoms with Crippen LogP contribution in [0.1, 0.15) is 34.9 Å². The number of aryl methyl sites for hydroxylation is 1. The van der Waals surface area contributed by atoms with Gasteiger partial charge in [-0.1, -0.05) is 6.07 Å².